The van der Waals surface area contributed by atoms with E-state index in [4.69, 9.17) is 0 Å². The molecule has 2 N–H and O–H groups in total. The second kappa shape index (κ2) is 6.91. The van der Waals surface area contributed by atoms with Gasteiger partial charge in [0.05, 0.1) is 5.52 Å². The molecule has 3 aromatic rings. The van der Waals surface area contributed by atoms with Crippen molar-refractivity contribution in [1.29, 1.82) is 0 Å². The fourth-order valence-corrected chi connectivity index (χ4v) is 2.35. The highest BCUT2D eigenvalue weighted by atomic mass is 16.2. The first kappa shape index (κ1) is 15.7. The molecule has 0 radical (unpaired) electrons. The van der Waals surface area contributed by atoms with Crippen LogP contribution in [0.3, 0.4) is 0 Å². The third-order valence-electron chi connectivity index (χ3n) is 3.65. The third-order valence-corrected chi connectivity index (χ3v) is 3.65. The SMILES string of the molecule is CNC(=O)c1ccc(CNC(=O)Cn2nnc3ccccc32)cc1. The summed E-state index contributed by atoms with van der Waals surface area (Å²) in [5.41, 5.74) is 3.08. The molecule has 24 heavy (non-hydrogen) atoms. The zero-order chi connectivity index (χ0) is 16.9. The van der Waals surface area contributed by atoms with Gasteiger partial charge in [0, 0.05) is 19.2 Å². The predicted molar refractivity (Wildman–Crippen MR) is 89.2 cm³/mol. The Balaban J connectivity index is 1.58. The van der Waals surface area contributed by atoms with Gasteiger partial charge in [-0.15, -0.1) is 5.10 Å². The molecule has 0 spiro atoms. The Bertz CT molecular complexity index is 870. The Hall–Kier alpha value is -3.22. The normalized spacial score (nSPS) is 10.5. The molecular formula is C17H17N5O2. The lowest BCUT2D eigenvalue weighted by Gasteiger charge is -2.07. The molecule has 7 nitrogen and oxygen atoms in total. The first-order valence-corrected chi connectivity index (χ1v) is 7.53. The van der Waals surface area contributed by atoms with Gasteiger partial charge in [-0.25, -0.2) is 4.68 Å². The van der Waals surface area contributed by atoms with Crippen molar-refractivity contribution in [3.8, 4) is 0 Å². The minimum absolute atomic E-state index is 0.108. The summed E-state index contributed by atoms with van der Waals surface area (Å²) in [4.78, 5) is 23.6. The molecule has 0 aliphatic carbocycles. The summed E-state index contributed by atoms with van der Waals surface area (Å²) < 4.78 is 1.57. The van der Waals surface area contributed by atoms with E-state index in [1.54, 1.807) is 23.9 Å². The zero-order valence-corrected chi connectivity index (χ0v) is 13.2. The molecule has 122 valence electrons. The maximum atomic E-state index is 12.1. The average Bonchev–Trinajstić information content (AvgIpc) is 3.03. The number of nitrogens with zero attached hydrogens (tertiary/aromatic N) is 3. The van der Waals surface area contributed by atoms with E-state index in [-0.39, 0.29) is 18.4 Å². The molecule has 1 aromatic heterocycles. The van der Waals surface area contributed by atoms with Crippen LogP contribution < -0.4 is 10.6 Å². The summed E-state index contributed by atoms with van der Waals surface area (Å²) >= 11 is 0. The quantitative estimate of drug-likeness (QED) is 0.736. The standard InChI is InChI=1S/C17H17N5O2/c1-18-17(24)13-8-6-12(7-9-13)10-19-16(23)11-22-15-5-3-2-4-14(15)20-21-22/h2-9H,10-11H2,1H3,(H,18,24)(H,19,23). The Kier molecular flexibility index (Phi) is 4.51. The van der Waals surface area contributed by atoms with Gasteiger partial charge in [-0.1, -0.05) is 29.5 Å². The molecule has 3 rings (SSSR count). The maximum Gasteiger partial charge on any atom is 0.251 e. The van der Waals surface area contributed by atoms with Gasteiger partial charge in [0.2, 0.25) is 5.91 Å². The molecule has 0 bridgehead atoms. The van der Waals surface area contributed by atoms with E-state index < -0.39 is 0 Å². The second-order valence-electron chi connectivity index (χ2n) is 5.29. The van der Waals surface area contributed by atoms with Crippen LogP contribution in [-0.4, -0.2) is 33.9 Å². The van der Waals surface area contributed by atoms with Gasteiger partial charge in [-0.2, -0.15) is 0 Å². The van der Waals surface area contributed by atoms with Crippen molar-refractivity contribution in [2.45, 2.75) is 13.1 Å². The van der Waals surface area contributed by atoms with Gasteiger partial charge in [-0.3, -0.25) is 9.59 Å². The summed E-state index contributed by atoms with van der Waals surface area (Å²) in [6.07, 6.45) is 0. The van der Waals surface area contributed by atoms with Gasteiger partial charge < -0.3 is 10.6 Å². The van der Waals surface area contributed by atoms with Crippen molar-refractivity contribution in [1.82, 2.24) is 25.6 Å². The smallest absolute Gasteiger partial charge is 0.251 e. The molecule has 7 heteroatoms. The number of amides is 2. The van der Waals surface area contributed by atoms with Crippen LogP contribution in [0, 0.1) is 0 Å². The first-order valence-electron chi connectivity index (χ1n) is 7.53. The fourth-order valence-electron chi connectivity index (χ4n) is 2.35. The molecule has 1 heterocycles. The number of benzene rings is 2. The van der Waals surface area contributed by atoms with Crippen LogP contribution in [0.4, 0.5) is 0 Å². The Morgan fingerprint density at radius 3 is 2.58 bits per heavy atom. The van der Waals surface area contributed by atoms with E-state index in [0.29, 0.717) is 12.1 Å². The molecule has 0 unspecified atom stereocenters. The maximum absolute atomic E-state index is 12.1. The summed E-state index contributed by atoms with van der Waals surface area (Å²) in [7, 11) is 1.59. The van der Waals surface area contributed by atoms with Gasteiger partial charge >= 0.3 is 0 Å². The largest absolute Gasteiger partial charge is 0.355 e. The fraction of sp³-hybridized carbons (Fsp3) is 0.176. The van der Waals surface area contributed by atoms with Crippen LogP contribution in [0.25, 0.3) is 11.0 Å². The highest BCUT2D eigenvalue weighted by Crippen LogP contribution is 2.09. The van der Waals surface area contributed by atoms with Crippen molar-refractivity contribution >= 4 is 22.8 Å². The van der Waals surface area contributed by atoms with E-state index >= 15 is 0 Å². The lowest BCUT2D eigenvalue weighted by atomic mass is 10.1. The van der Waals surface area contributed by atoms with Gasteiger partial charge in [0.15, 0.2) is 0 Å². The molecule has 0 fully saturated rings. The van der Waals surface area contributed by atoms with Crippen molar-refractivity contribution in [2.24, 2.45) is 0 Å². The van der Waals surface area contributed by atoms with Crippen LogP contribution in [0.1, 0.15) is 15.9 Å². The van der Waals surface area contributed by atoms with Crippen LogP contribution in [-0.2, 0) is 17.9 Å². The average molecular weight is 323 g/mol. The van der Waals surface area contributed by atoms with E-state index in [2.05, 4.69) is 20.9 Å². The van der Waals surface area contributed by atoms with E-state index in [1.165, 1.54) is 0 Å². The van der Waals surface area contributed by atoms with Crippen molar-refractivity contribution in [2.75, 3.05) is 7.05 Å². The number of nitrogens with one attached hydrogen (secondary N) is 2. The Morgan fingerprint density at radius 2 is 1.83 bits per heavy atom. The monoisotopic (exact) mass is 323 g/mol. The van der Waals surface area contributed by atoms with Crippen LogP contribution in [0.5, 0.6) is 0 Å². The summed E-state index contributed by atoms with van der Waals surface area (Å²) in [5.74, 6) is -0.287. The second-order valence-corrected chi connectivity index (χ2v) is 5.29. The predicted octanol–water partition coefficient (Wildman–Crippen LogP) is 1.11. The summed E-state index contributed by atoms with van der Waals surface area (Å²) in [6.45, 7) is 0.496. The van der Waals surface area contributed by atoms with Crippen molar-refractivity contribution in [3.05, 3.63) is 59.7 Å². The molecule has 0 atom stereocenters. The molecule has 0 aliphatic heterocycles. The van der Waals surface area contributed by atoms with E-state index in [1.807, 2.05) is 36.4 Å². The number of fused-ring (bicyclic) bond motifs is 1. The van der Waals surface area contributed by atoms with E-state index in [0.717, 1.165) is 16.6 Å². The highest BCUT2D eigenvalue weighted by Gasteiger charge is 2.08. The van der Waals surface area contributed by atoms with Gasteiger partial charge in [0.1, 0.15) is 12.1 Å². The minimum Gasteiger partial charge on any atom is -0.355 e. The highest BCUT2D eigenvalue weighted by molar-refractivity contribution is 5.93. The molecular weight excluding hydrogens is 306 g/mol. The number of para-hydroxylation sites is 1. The number of rotatable bonds is 5. The molecule has 2 amide bonds. The Labute approximate surface area is 138 Å². The number of carbonyl (C=O) groups is 2. The van der Waals surface area contributed by atoms with Crippen molar-refractivity contribution < 1.29 is 9.59 Å². The zero-order valence-electron chi connectivity index (χ0n) is 13.2. The van der Waals surface area contributed by atoms with Crippen molar-refractivity contribution in [3.63, 3.8) is 0 Å². The topological polar surface area (TPSA) is 88.9 Å². The lowest BCUT2D eigenvalue weighted by Crippen LogP contribution is -2.27. The minimum atomic E-state index is -0.152. The van der Waals surface area contributed by atoms with Crippen LogP contribution >= 0.6 is 0 Å². The van der Waals surface area contributed by atoms with Gasteiger partial charge in [-0.05, 0) is 29.8 Å². The summed E-state index contributed by atoms with van der Waals surface area (Å²) in [5, 5.41) is 13.4. The lowest BCUT2D eigenvalue weighted by molar-refractivity contribution is -0.121. The first-order chi connectivity index (χ1) is 11.7. The van der Waals surface area contributed by atoms with Crippen LogP contribution in [0.15, 0.2) is 48.5 Å². The molecule has 2 aromatic carbocycles. The number of carbonyl (C=O) groups excluding carboxylic acids is 2. The number of aromatic nitrogens is 3. The Morgan fingerprint density at radius 1 is 1.08 bits per heavy atom. The number of hydrogen-bond acceptors (Lipinski definition) is 4. The molecule has 0 aliphatic rings. The van der Waals surface area contributed by atoms with Gasteiger partial charge in [0.25, 0.3) is 5.91 Å². The van der Waals surface area contributed by atoms with E-state index in [9.17, 15) is 9.59 Å². The van der Waals surface area contributed by atoms with Crippen LogP contribution in [0.2, 0.25) is 0 Å². The number of hydrogen-bond donors (Lipinski definition) is 2. The molecule has 0 saturated heterocycles. The third kappa shape index (κ3) is 3.40. The summed E-state index contributed by atoms with van der Waals surface area (Å²) in [6, 6.07) is 14.6. The molecule has 0 saturated carbocycles.